The molecule has 7 nitrogen and oxygen atoms in total. The number of amides is 3. The van der Waals surface area contributed by atoms with E-state index in [1.54, 1.807) is 22.4 Å². The predicted octanol–water partition coefficient (Wildman–Crippen LogP) is 1.07. The second-order valence-corrected chi connectivity index (χ2v) is 6.75. The number of aromatic nitrogens is 1. The van der Waals surface area contributed by atoms with Crippen molar-refractivity contribution in [2.75, 3.05) is 31.1 Å². The molecule has 25 heavy (non-hydrogen) atoms. The third-order valence-electron chi connectivity index (χ3n) is 4.18. The summed E-state index contributed by atoms with van der Waals surface area (Å²) < 4.78 is 0. The van der Waals surface area contributed by atoms with E-state index in [1.807, 2.05) is 35.7 Å². The maximum absolute atomic E-state index is 12.9. The third kappa shape index (κ3) is 4.48. The molecule has 3 amide bonds. The van der Waals surface area contributed by atoms with Gasteiger partial charge in [-0.05, 0) is 5.56 Å². The molecular formula is C17H21N5O2S. The summed E-state index contributed by atoms with van der Waals surface area (Å²) in [5, 5.41) is 5.51. The molecule has 1 atom stereocenters. The van der Waals surface area contributed by atoms with E-state index in [1.165, 1.54) is 0 Å². The zero-order valence-corrected chi connectivity index (χ0v) is 14.6. The van der Waals surface area contributed by atoms with E-state index in [4.69, 9.17) is 5.73 Å². The molecule has 1 aromatic heterocycles. The van der Waals surface area contributed by atoms with E-state index < -0.39 is 12.1 Å². The molecule has 3 rings (SSSR count). The predicted molar refractivity (Wildman–Crippen MR) is 97.6 cm³/mol. The number of piperazine rings is 1. The molecule has 3 N–H and O–H groups in total. The number of hydrogen-bond donors (Lipinski definition) is 2. The highest BCUT2D eigenvalue weighted by Crippen LogP contribution is 2.19. The number of nitrogens with zero attached hydrogens (tertiary/aromatic N) is 3. The summed E-state index contributed by atoms with van der Waals surface area (Å²) in [4.78, 5) is 32.4. The van der Waals surface area contributed by atoms with Gasteiger partial charge in [-0.15, -0.1) is 11.3 Å². The molecule has 2 heterocycles. The van der Waals surface area contributed by atoms with Crippen LogP contribution < -0.4 is 16.0 Å². The molecule has 132 valence electrons. The zero-order chi connectivity index (χ0) is 17.6. The first kappa shape index (κ1) is 17.2. The van der Waals surface area contributed by atoms with Crippen LogP contribution in [0.15, 0.2) is 41.9 Å². The topological polar surface area (TPSA) is 91.6 Å². The number of nitrogens with two attached hydrogens (primary N) is 1. The largest absolute Gasteiger partial charge is 0.352 e. The van der Waals surface area contributed by atoms with Gasteiger partial charge < -0.3 is 20.9 Å². The van der Waals surface area contributed by atoms with Crippen molar-refractivity contribution in [1.82, 2.24) is 15.2 Å². The SMILES string of the molecule is NC(=O)N[C@@H](Cc1ccccc1)C(=O)N1CCN(c2nccs2)CC1. The Morgan fingerprint density at radius 3 is 2.52 bits per heavy atom. The van der Waals surface area contributed by atoms with Crippen LogP contribution in [0.3, 0.4) is 0 Å². The van der Waals surface area contributed by atoms with Gasteiger partial charge in [-0.2, -0.15) is 0 Å². The maximum Gasteiger partial charge on any atom is 0.312 e. The minimum absolute atomic E-state index is 0.0959. The number of anilines is 1. The summed E-state index contributed by atoms with van der Waals surface area (Å²) in [5.74, 6) is -0.0959. The van der Waals surface area contributed by atoms with Gasteiger partial charge in [0.2, 0.25) is 5.91 Å². The van der Waals surface area contributed by atoms with Crippen LogP contribution in [-0.2, 0) is 11.2 Å². The number of carbonyl (C=O) groups is 2. The van der Waals surface area contributed by atoms with Gasteiger partial charge >= 0.3 is 6.03 Å². The van der Waals surface area contributed by atoms with Crippen molar-refractivity contribution in [3.05, 3.63) is 47.5 Å². The number of nitrogens with one attached hydrogen (secondary N) is 1. The lowest BCUT2D eigenvalue weighted by Crippen LogP contribution is -2.56. The van der Waals surface area contributed by atoms with Crippen molar-refractivity contribution in [2.24, 2.45) is 5.73 Å². The molecule has 2 aromatic rings. The highest BCUT2D eigenvalue weighted by Gasteiger charge is 2.29. The summed E-state index contributed by atoms with van der Waals surface area (Å²) in [6.45, 7) is 2.66. The van der Waals surface area contributed by atoms with Crippen LogP contribution in [0, 0.1) is 0 Å². The summed E-state index contributed by atoms with van der Waals surface area (Å²) in [5.41, 5.74) is 6.25. The van der Waals surface area contributed by atoms with Crippen molar-refractivity contribution < 1.29 is 9.59 Å². The standard InChI is InChI=1S/C17H21N5O2S/c18-16(24)20-14(12-13-4-2-1-3-5-13)15(23)21-7-9-22(10-8-21)17-19-6-11-25-17/h1-6,11,14H,7-10,12H2,(H3,18,20,24)/t14-/m0/s1. The second-order valence-electron chi connectivity index (χ2n) is 5.88. The maximum atomic E-state index is 12.9. The normalized spacial score (nSPS) is 15.7. The van der Waals surface area contributed by atoms with E-state index in [9.17, 15) is 9.59 Å². The summed E-state index contributed by atoms with van der Waals surface area (Å²) >= 11 is 1.59. The molecule has 1 saturated heterocycles. The minimum Gasteiger partial charge on any atom is -0.352 e. The molecule has 0 saturated carbocycles. The van der Waals surface area contributed by atoms with Crippen molar-refractivity contribution in [3.8, 4) is 0 Å². The smallest absolute Gasteiger partial charge is 0.312 e. The Balaban J connectivity index is 1.63. The summed E-state index contributed by atoms with van der Waals surface area (Å²) in [7, 11) is 0. The summed E-state index contributed by atoms with van der Waals surface area (Å²) in [6.07, 6.45) is 2.21. The van der Waals surface area contributed by atoms with Gasteiger partial charge in [0.25, 0.3) is 0 Å². The Labute approximate surface area is 150 Å². The van der Waals surface area contributed by atoms with E-state index in [0.717, 1.165) is 23.8 Å². The highest BCUT2D eigenvalue weighted by molar-refractivity contribution is 7.13. The lowest BCUT2D eigenvalue weighted by molar-refractivity contribution is -0.133. The van der Waals surface area contributed by atoms with Crippen molar-refractivity contribution in [1.29, 1.82) is 0 Å². The van der Waals surface area contributed by atoms with Crippen LogP contribution >= 0.6 is 11.3 Å². The minimum atomic E-state index is -0.685. The van der Waals surface area contributed by atoms with Crippen LogP contribution in [0.25, 0.3) is 0 Å². The lowest BCUT2D eigenvalue weighted by Gasteiger charge is -2.36. The van der Waals surface area contributed by atoms with Gasteiger partial charge in [0.15, 0.2) is 5.13 Å². The molecule has 1 aliphatic rings. The summed E-state index contributed by atoms with van der Waals surface area (Å²) in [6, 6.07) is 8.27. The van der Waals surface area contributed by atoms with Crippen LogP contribution in [0.2, 0.25) is 0 Å². The first-order valence-electron chi connectivity index (χ1n) is 8.16. The fraction of sp³-hybridized carbons (Fsp3) is 0.353. The van der Waals surface area contributed by atoms with Crippen LogP contribution in [-0.4, -0.2) is 54.0 Å². The number of urea groups is 1. The van der Waals surface area contributed by atoms with Gasteiger partial charge in [-0.25, -0.2) is 9.78 Å². The molecule has 0 aliphatic carbocycles. The fourth-order valence-corrected chi connectivity index (χ4v) is 3.63. The fourth-order valence-electron chi connectivity index (χ4n) is 2.93. The lowest BCUT2D eigenvalue weighted by atomic mass is 10.0. The first-order chi connectivity index (χ1) is 12.1. The number of carbonyl (C=O) groups excluding carboxylic acids is 2. The average Bonchev–Trinajstić information content (AvgIpc) is 3.16. The number of benzene rings is 1. The molecule has 0 radical (unpaired) electrons. The van der Waals surface area contributed by atoms with Crippen LogP contribution in [0.4, 0.5) is 9.93 Å². The van der Waals surface area contributed by atoms with Crippen LogP contribution in [0.1, 0.15) is 5.56 Å². The quantitative estimate of drug-likeness (QED) is 0.835. The van der Waals surface area contributed by atoms with Gasteiger partial charge in [0, 0.05) is 44.2 Å². The number of hydrogen-bond acceptors (Lipinski definition) is 5. The first-order valence-corrected chi connectivity index (χ1v) is 9.04. The number of thiazole rings is 1. The van der Waals surface area contributed by atoms with E-state index in [-0.39, 0.29) is 5.91 Å². The van der Waals surface area contributed by atoms with E-state index in [0.29, 0.717) is 19.5 Å². The molecule has 0 unspecified atom stereocenters. The molecule has 0 spiro atoms. The van der Waals surface area contributed by atoms with Gasteiger partial charge in [-0.3, -0.25) is 4.79 Å². The molecular weight excluding hydrogens is 338 g/mol. The van der Waals surface area contributed by atoms with Gasteiger partial charge in [0.05, 0.1) is 0 Å². The average molecular weight is 359 g/mol. The molecule has 1 fully saturated rings. The Morgan fingerprint density at radius 1 is 1.20 bits per heavy atom. The van der Waals surface area contributed by atoms with Gasteiger partial charge in [0.1, 0.15) is 6.04 Å². The van der Waals surface area contributed by atoms with Gasteiger partial charge in [-0.1, -0.05) is 30.3 Å². The molecule has 8 heteroatoms. The number of primary amides is 1. The van der Waals surface area contributed by atoms with Crippen molar-refractivity contribution in [3.63, 3.8) is 0 Å². The third-order valence-corrected chi connectivity index (χ3v) is 5.01. The Bertz CT molecular complexity index is 699. The van der Waals surface area contributed by atoms with E-state index >= 15 is 0 Å². The Hall–Kier alpha value is -2.61. The number of rotatable bonds is 5. The highest BCUT2D eigenvalue weighted by atomic mass is 32.1. The van der Waals surface area contributed by atoms with E-state index in [2.05, 4.69) is 15.2 Å². The molecule has 1 aromatic carbocycles. The van der Waals surface area contributed by atoms with Crippen molar-refractivity contribution in [2.45, 2.75) is 12.5 Å². The van der Waals surface area contributed by atoms with Crippen LogP contribution in [0.5, 0.6) is 0 Å². The monoisotopic (exact) mass is 359 g/mol. The zero-order valence-electron chi connectivity index (χ0n) is 13.8. The Morgan fingerprint density at radius 2 is 1.92 bits per heavy atom. The van der Waals surface area contributed by atoms with Crippen molar-refractivity contribution >= 4 is 28.4 Å². The second kappa shape index (κ2) is 7.98. The molecule has 0 bridgehead atoms. The molecule has 1 aliphatic heterocycles. The Kier molecular flexibility index (Phi) is 5.49.